The zero-order chi connectivity index (χ0) is 17.9. The van der Waals surface area contributed by atoms with Crippen molar-refractivity contribution in [3.63, 3.8) is 0 Å². The number of rotatable bonds is 4. The van der Waals surface area contributed by atoms with Gasteiger partial charge >= 0.3 is 0 Å². The summed E-state index contributed by atoms with van der Waals surface area (Å²) in [4.78, 5) is 27.6. The number of hydrogen-bond donors (Lipinski definition) is 1. The molecule has 0 aliphatic carbocycles. The Balaban J connectivity index is 1.34. The Hall–Kier alpha value is -1.93. The SMILES string of the molecule is Nc1nc(C2CCOC2)cc(N2CCN(CC(=O)N3CCCC3)CC2)n1. The Morgan fingerprint density at radius 3 is 2.62 bits per heavy atom. The van der Waals surface area contributed by atoms with Crippen molar-refractivity contribution in [1.29, 1.82) is 0 Å². The lowest BCUT2D eigenvalue weighted by molar-refractivity contribution is -0.131. The molecule has 1 amide bonds. The number of carbonyl (C=O) groups excluding carboxylic acids is 1. The second kappa shape index (κ2) is 7.75. The molecule has 1 atom stereocenters. The third kappa shape index (κ3) is 3.91. The lowest BCUT2D eigenvalue weighted by Gasteiger charge is -2.35. The third-order valence-corrected chi connectivity index (χ3v) is 5.61. The monoisotopic (exact) mass is 360 g/mol. The highest BCUT2D eigenvalue weighted by molar-refractivity contribution is 5.78. The fourth-order valence-electron chi connectivity index (χ4n) is 4.00. The molecule has 142 valence electrons. The summed E-state index contributed by atoms with van der Waals surface area (Å²) >= 11 is 0. The molecular formula is C18H28N6O2. The molecule has 4 rings (SSSR count). The van der Waals surface area contributed by atoms with Crippen molar-refractivity contribution in [2.75, 3.05) is 69.7 Å². The molecule has 1 aromatic rings. The maximum absolute atomic E-state index is 12.3. The summed E-state index contributed by atoms with van der Waals surface area (Å²) in [5, 5.41) is 0. The van der Waals surface area contributed by atoms with Crippen LogP contribution in [0, 0.1) is 0 Å². The first-order valence-electron chi connectivity index (χ1n) is 9.66. The van der Waals surface area contributed by atoms with Gasteiger partial charge in [0, 0.05) is 57.9 Å². The van der Waals surface area contributed by atoms with Crippen molar-refractivity contribution < 1.29 is 9.53 Å². The average Bonchev–Trinajstić information content (AvgIpc) is 3.36. The van der Waals surface area contributed by atoms with Gasteiger partial charge in [-0.15, -0.1) is 0 Å². The van der Waals surface area contributed by atoms with Gasteiger partial charge in [-0.2, -0.15) is 4.98 Å². The number of carbonyl (C=O) groups is 1. The van der Waals surface area contributed by atoms with Crippen LogP contribution >= 0.6 is 0 Å². The number of ether oxygens (including phenoxy) is 1. The molecule has 1 unspecified atom stereocenters. The fraction of sp³-hybridized carbons (Fsp3) is 0.722. The molecule has 8 nitrogen and oxygen atoms in total. The van der Waals surface area contributed by atoms with Crippen molar-refractivity contribution in [2.24, 2.45) is 0 Å². The van der Waals surface area contributed by atoms with Crippen LogP contribution in [0.2, 0.25) is 0 Å². The van der Waals surface area contributed by atoms with Gasteiger partial charge in [-0.3, -0.25) is 9.69 Å². The van der Waals surface area contributed by atoms with E-state index in [1.165, 1.54) is 0 Å². The molecule has 3 aliphatic heterocycles. The van der Waals surface area contributed by atoms with E-state index in [0.29, 0.717) is 25.0 Å². The molecule has 3 fully saturated rings. The average molecular weight is 360 g/mol. The first-order chi connectivity index (χ1) is 12.7. The molecular weight excluding hydrogens is 332 g/mol. The van der Waals surface area contributed by atoms with Gasteiger partial charge in [0.2, 0.25) is 11.9 Å². The molecule has 0 saturated carbocycles. The number of amides is 1. The van der Waals surface area contributed by atoms with E-state index in [2.05, 4.69) is 25.8 Å². The lowest BCUT2D eigenvalue weighted by Crippen LogP contribution is -2.50. The van der Waals surface area contributed by atoms with Crippen molar-refractivity contribution in [3.8, 4) is 0 Å². The number of nitrogens with zero attached hydrogens (tertiary/aromatic N) is 5. The van der Waals surface area contributed by atoms with E-state index >= 15 is 0 Å². The standard InChI is InChI=1S/C18H28N6O2/c19-18-20-15(14-3-10-26-13-14)11-16(21-18)23-8-6-22(7-9-23)12-17(25)24-4-1-2-5-24/h11,14H,1-10,12-13H2,(H2,19,20,21). The summed E-state index contributed by atoms with van der Waals surface area (Å²) in [6.07, 6.45) is 3.27. The smallest absolute Gasteiger partial charge is 0.236 e. The van der Waals surface area contributed by atoms with Crippen molar-refractivity contribution in [2.45, 2.75) is 25.2 Å². The number of likely N-dealkylation sites (tertiary alicyclic amines) is 1. The van der Waals surface area contributed by atoms with Gasteiger partial charge < -0.3 is 20.3 Å². The largest absolute Gasteiger partial charge is 0.381 e. The van der Waals surface area contributed by atoms with E-state index < -0.39 is 0 Å². The minimum Gasteiger partial charge on any atom is -0.381 e. The fourth-order valence-corrected chi connectivity index (χ4v) is 4.00. The number of hydrogen-bond acceptors (Lipinski definition) is 7. The number of piperazine rings is 1. The summed E-state index contributed by atoms with van der Waals surface area (Å²) in [6, 6.07) is 2.06. The van der Waals surface area contributed by atoms with E-state index in [1.54, 1.807) is 0 Å². The summed E-state index contributed by atoms with van der Waals surface area (Å²) in [5.74, 6) is 1.81. The zero-order valence-electron chi connectivity index (χ0n) is 15.3. The number of aromatic nitrogens is 2. The van der Waals surface area contributed by atoms with E-state index in [1.807, 2.05) is 4.90 Å². The number of nitrogen functional groups attached to an aromatic ring is 1. The summed E-state index contributed by atoms with van der Waals surface area (Å²) in [5.41, 5.74) is 6.93. The first kappa shape index (κ1) is 17.5. The minimum absolute atomic E-state index is 0.269. The van der Waals surface area contributed by atoms with Gasteiger partial charge in [-0.1, -0.05) is 0 Å². The highest BCUT2D eigenvalue weighted by atomic mass is 16.5. The van der Waals surface area contributed by atoms with Gasteiger partial charge in [-0.25, -0.2) is 4.98 Å². The van der Waals surface area contributed by atoms with Gasteiger partial charge in [-0.05, 0) is 19.3 Å². The minimum atomic E-state index is 0.269. The van der Waals surface area contributed by atoms with Crippen LogP contribution in [0.15, 0.2) is 6.07 Å². The first-order valence-corrected chi connectivity index (χ1v) is 9.66. The molecule has 0 bridgehead atoms. The van der Waals surface area contributed by atoms with E-state index in [4.69, 9.17) is 10.5 Å². The van der Waals surface area contributed by atoms with Crippen LogP contribution in [0.4, 0.5) is 11.8 Å². The van der Waals surface area contributed by atoms with Gasteiger partial charge in [0.15, 0.2) is 0 Å². The van der Waals surface area contributed by atoms with Gasteiger partial charge in [0.1, 0.15) is 5.82 Å². The second-order valence-electron chi connectivity index (χ2n) is 7.42. The van der Waals surface area contributed by atoms with Crippen LogP contribution in [0.5, 0.6) is 0 Å². The highest BCUT2D eigenvalue weighted by Gasteiger charge is 2.25. The van der Waals surface area contributed by atoms with Crippen molar-refractivity contribution in [3.05, 3.63) is 11.8 Å². The molecule has 0 aromatic carbocycles. The van der Waals surface area contributed by atoms with Crippen LogP contribution in [-0.2, 0) is 9.53 Å². The van der Waals surface area contributed by atoms with Crippen molar-refractivity contribution in [1.82, 2.24) is 19.8 Å². The molecule has 0 radical (unpaired) electrons. The predicted molar refractivity (Wildman–Crippen MR) is 99.1 cm³/mol. The summed E-state index contributed by atoms with van der Waals surface area (Å²) in [7, 11) is 0. The van der Waals surface area contributed by atoms with Crippen LogP contribution in [0.3, 0.4) is 0 Å². The Bertz CT molecular complexity index is 635. The maximum atomic E-state index is 12.3. The number of nitrogens with two attached hydrogens (primary N) is 1. The predicted octanol–water partition coefficient (Wildman–Crippen LogP) is 0.307. The molecule has 0 spiro atoms. The molecule has 26 heavy (non-hydrogen) atoms. The Labute approximate surface area is 154 Å². The molecule has 4 heterocycles. The molecule has 3 aliphatic rings. The van der Waals surface area contributed by atoms with Crippen LogP contribution in [0.1, 0.15) is 30.9 Å². The third-order valence-electron chi connectivity index (χ3n) is 5.61. The lowest BCUT2D eigenvalue weighted by atomic mass is 10.0. The van der Waals surface area contributed by atoms with Crippen LogP contribution in [-0.4, -0.2) is 84.7 Å². The van der Waals surface area contributed by atoms with Crippen LogP contribution in [0.25, 0.3) is 0 Å². The van der Waals surface area contributed by atoms with Crippen molar-refractivity contribution >= 4 is 17.7 Å². The Kier molecular flexibility index (Phi) is 5.21. The quantitative estimate of drug-likeness (QED) is 0.826. The summed E-state index contributed by atoms with van der Waals surface area (Å²) < 4.78 is 5.47. The molecule has 1 aromatic heterocycles. The highest BCUT2D eigenvalue weighted by Crippen LogP contribution is 2.27. The molecule has 3 saturated heterocycles. The van der Waals surface area contributed by atoms with E-state index in [0.717, 1.165) is 76.6 Å². The van der Waals surface area contributed by atoms with E-state index in [9.17, 15) is 4.79 Å². The van der Waals surface area contributed by atoms with Gasteiger partial charge in [0.25, 0.3) is 0 Å². The van der Waals surface area contributed by atoms with Gasteiger partial charge in [0.05, 0.1) is 18.8 Å². The maximum Gasteiger partial charge on any atom is 0.236 e. The zero-order valence-corrected chi connectivity index (χ0v) is 15.3. The van der Waals surface area contributed by atoms with Crippen LogP contribution < -0.4 is 10.6 Å². The molecule has 2 N–H and O–H groups in total. The van der Waals surface area contributed by atoms with E-state index in [-0.39, 0.29) is 5.91 Å². The summed E-state index contributed by atoms with van der Waals surface area (Å²) in [6.45, 7) is 7.31. The molecule has 8 heteroatoms. The Morgan fingerprint density at radius 2 is 1.92 bits per heavy atom. The topological polar surface area (TPSA) is 87.8 Å². The normalized spacial score (nSPS) is 24.4. The second-order valence-corrected chi connectivity index (χ2v) is 7.42. The Morgan fingerprint density at radius 1 is 1.15 bits per heavy atom. The number of anilines is 2.